The topological polar surface area (TPSA) is 38.9 Å². The van der Waals surface area contributed by atoms with Crippen LogP contribution in [0.1, 0.15) is 11.4 Å². The third-order valence-corrected chi connectivity index (χ3v) is 2.50. The molecule has 17 heavy (non-hydrogen) atoms. The number of hydrogen-bond donors (Lipinski definition) is 0. The molecule has 0 spiro atoms. The zero-order valence-corrected chi connectivity index (χ0v) is 9.08. The van der Waals surface area contributed by atoms with Gasteiger partial charge in [-0.2, -0.15) is 0 Å². The van der Waals surface area contributed by atoms with E-state index in [4.69, 9.17) is 4.42 Å². The fourth-order valence-electron chi connectivity index (χ4n) is 1.65. The average Bonchev–Trinajstić information content (AvgIpc) is 2.89. The van der Waals surface area contributed by atoms with Crippen LogP contribution in [0.4, 0.5) is 0 Å². The van der Waals surface area contributed by atoms with E-state index in [1.54, 1.807) is 6.26 Å². The Labute approximate surface area is 98.4 Å². The minimum absolute atomic E-state index is 0.792. The van der Waals surface area contributed by atoms with Gasteiger partial charge in [0.15, 0.2) is 6.39 Å². The number of benzene rings is 1. The number of nitrogens with zero attached hydrogens (tertiary/aromatic N) is 2. The highest BCUT2D eigenvalue weighted by Crippen LogP contribution is 2.13. The monoisotopic (exact) mass is 222 g/mol. The highest BCUT2D eigenvalue weighted by molar-refractivity contribution is 5.80. The molecule has 1 aromatic carbocycles. The lowest BCUT2D eigenvalue weighted by Crippen LogP contribution is -1.82. The van der Waals surface area contributed by atoms with Gasteiger partial charge in [0.2, 0.25) is 0 Å². The quantitative estimate of drug-likeness (QED) is 0.667. The second kappa shape index (κ2) is 4.22. The molecule has 0 bridgehead atoms. The van der Waals surface area contributed by atoms with Crippen molar-refractivity contribution in [2.75, 3.05) is 0 Å². The lowest BCUT2D eigenvalue weighted by molar-refractivity contribution is 0.557. The lowest BCUT2D eigenvalue weighted by Gasteiger charge is -1.97. The minimum atomic E-state index is 0.792. The SMILES string of the molecule is C(=Cc1ccc2ccccc2n1)c1cocn1. The van der Waals surface area contributed by atoms with Gasteiger partial charge in [-0.05, 0) is 24.3 Å². The van der Waals surface area contributed by atoms with Crippen molar-refractivity contribution >= 4 is 23.1 Å². The Hall–Kier alpha value is -2.42. The molecule has 2 heterocycles. The van der Waals surface area contributed by atoms with Crippen molar-refractivity contribution < 1.29 is 4.42 Å². The summed E-state index contributed by atoms with van der Waals surface area (Å²) in [6, 6.07) is 12.1. The van der Waals surface area contributed by atoms with Crippen molar-refractivity contribution in [3.8, 4) is 0 Å². The normalized spacial score (nSPS) is 11.3. The van der Waals surface area contributed by atoms with E-state index in [1.165, 1.54) is 6.39 Å². The number of oxazole rings is 1. The van der Waals surface area contributed by atoms with E-state index < -0.39 is 0 Å². The summed E-state index contributed by atoms with van der Waals surface area (Å²) in [7, 11) is 0. The van der Waals surface area contributed by atoms with Crippen molar-refractivity contribution in [3.05, 3.63) is 60.4 Å². The van der Waals surface area contributed by atoms with Crippen molar-refractivity contribution in [2.45, 2.75) is 0 Å². The summed E-state index contributed by atoms with van der Waals surface area (Å²) in [4.78, 5) is 8.54. The number of para-hydroxylation sites is 1. The van der Waals surface area contributed by atoms with Crippen LogP contribution in [0.15, 0.2) is 53.5 Å². The van der Waals surface area contributed by atoms with Crippen LogP contribution in [0.5, 0.6) is 0 Å². The molecular formula is C14H10N2O. The second-order valence-corrected chi connectivity index (χ2v) is 3.68. The van der Waals surface area contributed by atoms with Crippen LogP contribution in [0.25, 0.3) is 23.1 Å². The zero-order valence-electron chi connectivity index (χ0n) is 9.08. The molecule has 3 rings (SSSR count). The largest absolute Gasteiger partial charge is 0.451 e. The Morgan fingerprint density at radius 1 is 0.941 bits per heavy atom. The van der Waals surface area contributed by atoms with Gasteiger partial charge in [-0.3, -0.25) is 0 Å². The van der Waals surface area contributed by atoms with Gasteiger partial charge in [-0.1, -0.05) is 24.3 Å². The third-order valence-electron chi connectivity index (χ3n) is 2.50. The highest BCUT2D eigenvalue weighted by atomic mass is 16.3. The Morgan fingerprint density at radius 2 is 1.82 bits per heavy atom. The molecular weight excluding hydrogens is 212 g/mol. The molecule has 3 nitrogen and oxygen atoms in total. The maximum absolute atomic E-state index is 4.89. The lowest BCUT2D eigenvalue weighted by atomic mass is 10.2. The molecule has 3 aromatic rings. The van der Waals surface area contributed by atoms with Gasteiger partial charge in [0.05, 0.1) is 11.2 Å². The van der Waals surface area contributed by atoms with E-state index >= 15 is 0 Å². The van der Waals surface area contributed by atoms with E-state index in [0.29, 0.717) is 0 Å². The Morgan fingerprint density at radius 3 is 2.71 bits per heavy atom. The smallest absolute Gasteiger partial charge is 0.181 e. The second-order valence-electron chi connectivity index (χ2n) is 3.68. The van der Waals surface area contributed by atoms with Crippen LogP contribution in [0, 0.1) is 0 Å². The molecule has 0 saturated carbocycles. The molecule has 0 aliphatic heterocycles. The summed E-state index contributed by atoms with van der Waals surface area (Å²) >= 11 is 0. The van der Waals surface area contributed by atoms with E-state index in [-0.39, 0.29) is 0 Å². The predicted octanol–water partition coefficient (Wildman–Crippen LogP) is 3.39. The first-order valence-corrected chi connectivity index (χ1v) is 5.34. The fourth-order valence-corrected chi connectivity index (χ4v) is 1.65. The van der Waals surface area contributed by atoms with Gasteiger partial charge in [0, 0.05) is 5.39 Å². The number of hydrogen-bond acceptors (Lipinski definition) is 3. The molecule has 0 unspecified atom stereocenters. The van der Waals surface area contributed by atoms with Crippen LogP contribution in [-0.4, -0.2) is 9.97 Å². The summed E-state index contributed by atoms with van der Waals surface area (Å²) in [5.41, 5.74) is 2.70. The van der Waals surface area contributed by atoms with Crippen molar-refractivity contribution in [1.82, 2.24) is 9.97 Å². The van der Waals surface area contributed by atoms with Crippen LogP contribution >= 0.6 is 0 Å². The van der Waals surface area contributed by atoms with Gasteiger partial charge in [-0.15, -0.1) is 0 Å². The van der Waals surface area contributed by atoms with E-state index in [9.17, 15) is 0 Å². The predicted molar refractivity (Wildman–Crippen MR) is 67.2 cm³/mol. The van der Waals surface area contributed by atoms with Crippen molar-refractivity contribution in [2.24, 2.45) is 0 Å². The fraction of sp³-hybridized carbons (Fsp3) is 0. The molecule has 0 atom stereocenters. The standard InChI is InChI=1S/C14H10N2O/c1-2-4-14-11(3-1)5-6-12(16-14)7-8-13-9-17-10-15-13/h1-10H. The van der Waals surface area contributed by atoms with E-state index in [2.05, 4.69) is 16.0 Å². The van der Waals surface area contributed by atoms with E-state index in [1.807, 2.05) is 42.5 Å². The summed E-state index contributed by atoms with van der Waals surface area (Å²) in [6.45, 7) is 0. The van der Waals surface area contributed by atoms with Gasteiger partial charge in [0.25, 0.3) is 0 Å². The first-order valence-electron chi connectivity index (χ1n) is 5.34. The number of fused-ring (bicyclic) bond motifs is 1. The van der Waals surface area contributed by atoms with Crippen molar-refractivity contribution in [3.63, 3.8) is 0 Å². The molecule has 0 amide bonds. The van der Waals surface area contributed by atoms with Crippen LogP contribution in [0.2, 0.25) is 0 Å². The molecule has 82 valence electrons. The molecule has 0 radical (unpaired) electrons. The van der Waals surface area contributed by atoms with Gasteiger partial charge in [-0.25, -0.2) is 9.97 Å². The average molecular weight is 222 g/mol. The van der Waals surface area contributed by atoms with Gasteiger partial charge in [0.1, 0.15) is 12.0 Å². The molecule has 0 aliphatic rings. The summed E-state index contributed by atoms with van der Waals surface area (Å²) in [5.74, 6) is 0. The van der Waals surface area contributed by atoms with Gasteiger partial charge < -0.3 is 4.42 Å². The first-order chi connectivity index (χ1) is 8.42. The minimum Gasteiger partial charge on any atom is -0.451 e. The van der Waals surface area contributed by atoms with E-state index in [0.717, 1.165) is 22.3 Å². The third kappa shape index (κ3) is 2.08. The highest BCUT2D eigenvalue weighted by Gasteiger charge is 1.95. The maximum Gasteiger partial charge on any atom is 0.181 e. The molecule has 0 fully saturated rings. The number of aromatic nitrogens is 2. The maximum atomic E-state index is 4.89. The molecule has 0 saturated heterocycles. The Bertz CT molecular complexity index is 657. The van der Waals surface area contributed by atoms with Crippen LogP contribution in [-0.2, 0) is 0 Å². The van der Waals surface area contributed by atoms with Crippen LogP contribution < -0.4 is 0 Å². The van der Waals surface area contributed by atoms with Crippen LogP contribution in [0.3, 0.4) is 0 Å². The Kier molecular flexibility index (Phi) is 2.43. The number of rotatable bonds is 2. The summed E-state index contributed by atoms with van der Waals surface area (Å²) in [6.07, 6.45) is 6.80. The molecule has 3 heteroatoms. The zero-order chi connectivity index (χ0) is 11.5. The first kappa shape index (κ1) is 9.78. The Balaban J connectivity index is 1.96. The van der Waals surface area contributed by atoms with Crippen molar-refractivity contribution in [1.29, 1.82) is 0 Å². The molecule has 2 aromatic heterocycles. The molecule has 0 N–H and O–H groups in total. The summed E-state index contributed by atoms with van der Waals surface area (Å²) in [5, 5.41) is 1.14. The molecule has 0 aliphatic carbocycles. The summed E-state index contributed by atoms with van der Waals surface area (Å²) < 4.78 is 4.89. The number of pyridine rings is 1. The van der Waals surface area contributed by atoms with Gasteiger partial charge >= 0.3 is 0 Å².